The Kier molecular flexibility index (Phi) is 4.02. The van der Waals surface area contributed by atoms with Crippen LogP contribution in [0.3, 0.4) is 0 Å². The lowest BCUT2D eigenvalue weighted by Crippen LogP contribution is -2.59. The van der Waals surface area contributed by atoms with Gasteiger partial charge in [-0.25, -0.2) is 0 Å². The van der Waals surface area contributed by atoms with Gasteiger partial charge in [-0.1, -0.05) is 24.3 Å². The van der Waals surface area contributed by atoms with Gasteiger partial charge in [0.25, 0.3) is 20.2 Å². The number of allylic oxidation sites excluding steroid dienone is 2. The lowest BCUT2D eigenvalue weighted by Gasteiger charge is -2.30. The van der Waals surface area contributed by atoms with Crippen molar-refractivity contribution in [1.82, 2.24) is 0 Å². The molecule has 22 heavy (non-hydrogen) atoms. The van der Waals surface area contributed by atoms with E-state index in [2.05, 4.69) is 0 Å². The van der Waals surface area contributed by atoms with Gasteiger partial charge in [0, 0.05) is 0 Å². The van der Waals surface area contributed by atoms with Gasteiger partial charge in [-0.05, 0) is 29.3 Å². The smallest absolute Gasteiger partial charge is 0.294 e. The monoisotopic (exact) mass is 346 g/mol. The minimum Gasteiger partial charge on any atom is -0.309 e. The van der Waals surface area contributed by atoms with Gasteiger partial charge in [-0.15, -0.1) is 0 Å². The highest BCUT2D eigenvalue weighted by Gasteiger charge is 2.39. The van der Waals surface area contributed by atoms with Crippen molar-refractivity contribution < 1.29 is 25.9 Å². The first-order valence-corrected chi connectivity index (χ1v) is 8.89. The molecule has 10 heteroatoms. The Balaban J connectivity index is 2.55. The minimum atomic E-state index is -4.56. The average molecular weight is 346 g/mol. The van der Waals surface area contributed by atoms with E-state index in [-0.39, 0.29) is 4.90 Å². The van der Waals surface area contributed by atoms with Crippen LogP contribution < -0.4 is 11.5 Å². The van der Waals surface area contributed by atoms with E-state index in [1.807, 2.05) is 0 Å². The molecule has 6 N–H and O–H groups in total. The van der Waals surface area contributed by atoms with E-state index < -0.39 is 31.1 Å². The Morgan fingerprint density at radius 2 is 1.73 bits per heavy atom. The van der Waals surface area contributed by atoms with Gasteiger partial charge in [-0.2, -0.15) is 16.8 Å². The second kappa shape index (κ2) is 5.26. The summed E-state index contributed by atoms with van der Waals surface area (Å²) in [6.45, 7) is 0. The van der Waals surface area contributed by atoms with Crippen molar-refractivity contribution >= 4 is 25.8 Å². The van der Waals surface area contributed by atoms with Crippen molar-refractivity contribution in [3.8, 4) is 0 Å². The molecule has 0 saturated heterocycles. The van der Waals surface area contributed by atoms with Crippen LogP contribution in [0, 0.1) is 0 Å². The van der Waals surface area contributed by atoms with Crippen molar-refractivity contribution in [2.75, 3.05) is 0 Å². The molecule has 1 atom stereocenters. The third kappa shape index (κ3) is 3.43. The van der Waals surface area contributed by atoms with Crippen molar-refractivity contribution in [2.45, 2.75) is 15.8 Å². The van der Waals surface area contributed by atoms with E-state index in [1.165, 1.54) is 30.4 Å². The molecule has 0 aliphatic heterocycles. The van der Waals surface area contributed by atoms with E-state index in [0.717, 1.165) is 12.1 Å². The van der Waals surface area contributed by atoms with Gasteiger partial charge < -0.3 is 11.5 Å². The lowest BCUT2D eigenvalue weighted by molar-refractivity contribution is 0.444. The summed E-state index contributed by atoms with van der Waals surface area (Å²) in [5.74, 6) is 0. The maximum Gasteiger partial charge on any atom is 0.294 e. The third-order valence-corrected chi connectivity index (χ3v) is 5.20. The van der Waals surface area contributed by atoms with Crippen LogP contribution in [0.1, 0.15) is 5.56 Å². The fourth-order valence-corrected chi connectivity index (χ4v) is 3.50. The molecule has 120 valence electrons. The summed E-state index contributed by atoms with van der Waals surface area (Å²) < 4.78 is 63.3. The molecule has 1 aliphatic rings. The molecule has 1 aromatic carbocycles. The molecular formula is C12H14N2O6S2. The highest BCUT2D eigenvalue weighted by atomic mass is 32.2. The van der Waals surface area contributed by atoms with Crippen molar-refractivity contribution in [3.63, 3.8) is 0 Å². The van der Waals surface area contributed by atoms with Crippen LogP contribution in [-0.4, -0.2) is 36.9 Å². The Hall–Kier alpha value is -1.56. The second-order valence-electron chi connectivity index (χ2n) is 4.89. The van der Waals surface area contributed by atoms with E-state index in [9.17, 15) is 21.4 Å². The summed E-state index contributed by atoms with van der Waals surface area (Å²) >= 11 is 0. The maximum absolute atomic E-state index is 11.4. The Morgan fingerprint density at radius 1 is 1.09 bits per heavy atom. The largest absolute Gasteiger partial charge is 0.309 e. The van der Waals surface area contributed by atoms with E-state index in [4.69, 9.17) is 16.0 Å². The molecule has 8 nitrogen and oxygen atoms in total. The zero-order valence-electron chi connectivity index (χ0n) is 11.1. The number of hydrogen-bond donors (Lipinski definition) is 4. The van der Waals surface area contributed by atoms with Crippen LogP contribution in [0.2, 0.25) is 0 Å². The van der Waals surface area contributed by atoms with Gasteiger partial charge in [-0.3, -0.25) is 9.11 Å². The van der Waals surface area contributed by atoms with Crippen LogP contribution in [0.4, 0.5) is 0 Å². The molecule has 1 aliphatic carbocycles. The van der Waals surface area contributed by atoms with E-state index in [1.54, 1.807) is 0 Å². The van der Waals surface area contributed by atoms with Gasteiger partial charge in [0.05, 0.1) is 4.90 Å². The van der Waals surface area contributed by atoms with Crippen LogP contribution in [-0.2, 0) is 20.2 Å². The number of nitrogens with two attached hydrogens (primary N) is 2. The predicted octanol–water partition coefficient (Wildman–Crippen LogP) is -0.243. The van der Waals surface area contributed by atoms with E-state index in [0.29, 0.717) is 11.1 Å². The highest BCUT2D eigenvalue weighted by molar-refractivity contribution is 7.86. The summed E-state index contributed by atoms with van der Waals surface area (Å²) in [6.07, 6.45) is 3.73. The number of rotatable bonds is 3. The van der Waals surface area contributed by atoms with Crippen molar-refractivity contribution in [2.24, 2.45) is 11.5 Å². The molecular weight excluding hydrogens is 332 g/mol. The van der Waals surface area contributed by atoms with Crippen molar-refractivity contribution in [3.05, 3.63) is 48.1 Å². The van der Waals surface area contributed by atoms with Crippen LogP contribution in [0.25, 0.3) is 5.57 Å². The molecule has 1 unspecified atom stereocenters. The van der Waals surface area contributed by atoms with Crippen LogP contribution >= 0.6 is 0 Å². The Morgan fingerprint density at radius 3 is 2.27 bits per heavy atom. The molecule has 1 aromatic rings. The van der Waals surface area contributed by atoms with Gasteiger partial charge in [0.2, 0.25) is 0 Å². The summed E-state index contributed by atoms with van der Waals surface area (Å²) in [6, 6.07) is 5.23. The molecule has 0 bridgehead atoms. The molecule has 0 saturated carbocycles. The second-order valence-corrected chi connectivity index (χ2v) is 7.85. The highest BCUT2D eigenvalue weighted by Crippen LogP contribution is 2.28. The van der Waals surface area contributed by atoms with Gasteiger partial charge in [0.1, 0.15) is 10.9 Å². The van der Waals surface area contributed by atoms with Crippen molar-refractivity contribution in [1.29, 1.82) is 0 Å². The molecule has 0 heterocycles. The van der Waals surface area contributed by atoms with E-state index >= 15 is 0 Å². The Bertz CT molecular complexity index is 869. The zero-order chi connectivity index (χ0) is 16.8. The molecule has 0 aromatic heterocycles. The van der Waals surface area contributed by atoms with Gasteiger partial charge >= 0.3 is 0 Å². The SMILES string of the molecule is NC1(N)C=CC(c2cccc(S(=O)(=O)O)c2)=CC1S(=O)(=O)O. The summed E-state index contributed by atoms with van der Waals surface area (Å²) in [5, 5.41) is -1.59. The first kappa shape index (κ1) is 16.8. The first-order valence-electron chi connectivity index (χ1n) is 5.94. The van der Waals surface area contributed by atoms with Gasteiger partial charge in [0.15, 0.2) is 0 Å². The molecule has 0 fully saturated rings. The fourth-order valence-electron chi connectivity index (χ4n) is 2.06. The first-order chi connectivity index (χ1) is 9.91. The molecule has 0 amide bonds. The predicted molar refractivity (Wildman–Crippen MR) is 79.8 cm³/mol. The standard InChI is InChI=1S/C12H14N2O6S2/c13-12(14)5-4-9(7-11(12)22(18,19)20)8-2-1-3-10(6-8)21(15,16)17/h1-7,11H,13-14H2,(H,15,16,17)(H,18,19,20). The molecule has 0 radical (unpaired) electrons. The normalized spacial score (nSPS) is 21.5. The summed E-state index contributed by atoms with van der Waals surface area (Å²) in [7, 11) is -8.96. The summed E-state index contributed by atoms with van der Waals surface area (Å²) in [4.78, 5) is -0.347. The zero-order valence-corrected chi connectivity index (χ0v) is 12.8. The Labute approximate surface area is 127 Å². The summed E-state index contributed by atoms with van der Waals surface area (Å²) in [5.41, 5.74) is 10.1. The number of benzene rings is 1. The van der Waals surface area contributed by atoms with Crippen LogP contribution in [0.15, 0.2) is 47.4 Å². The quantitative estimate of drug-likeness (QED) is 0.430. The molecule has 0 spiro atoms. The topological polar surface area (TPSA) is 161 Å². The maximum atomic E-state index is 11.4. The lowest BCUT2D eigenvalue weighted by atomic mass is 9.94. The number of hydrogen-bond acceptors (Lipinski definition) is 6. The molecule has 2 rings (SSSR count). The third-order valence-electron chi connectivity index (χ3n) is 3.16. The average Bonchev–Trinajstić information content (AvgIpc) is 2.36. The fraction of sp³-hybridized carbons (Fsp3) is 0.167. The van der Waals surface area contributed by atoms with Crippen LogP contribution in [0.5, 0.6) is 0 Å². The minimum absolute atomic E-state index is 0.291.